The highest BCUT2D eigenvalue weighted by Crippen LogP contribution is 2.24. The van der Waals surface area contributed by atoms with Gasteiger partial charge in [-0.25, -0.2) is 0 Å². The Morgan fingerprint density at radius 1 is 1.28 bits per heavy atom. The van der Waals surface area contributed by atoms with Gasteiger partial charge in [-0.1, -0.05) is 12.1 Å². The third-order valence-electron chi connectivity index (χ3n) is 4.33. The minimum Gasteiger partial charge on any atom is -0.490 e. The number of ether oxygens (including phenoxy) is 1. The van der Waals surface area contributed by atoms with E-state index in [1.165, 1.54) is 0 Å². The van der Waals surface area contributed by atoms with Crippen LogP contribution in [0.1, 0.15) is 16.2 Å². The number of aromatic amines is 1. The molecule has 0 bridgehead atoms. The molecule has 3 rings (SSSR count). The van der Waals surface area contributed by atoms with Crippen LogP contribution >= 0.6 is 0 Å². The molecule has 0 radical (unpaired) electrons. The van der Waals surface area contributed by atoms with E-state index in [0.29, 0.717) is 23.7 Å². The number of carbonyl (C=O) groups is 1. The van der Waals surface area contributed by atoms with Crippen molar-refractivity contribution in [3.8, 4) is 5.75 Å². The molecule has 0 saturated carbocycles. The molecule has 1 fully saturated rings. The third-order valence-corrected chi connectivity index (χ3v) is 4.33. The van der Waals surface area contributed by atoms with Crippen LogP contribution in [0.2, 0.25) is 0 Å². The van der Waals surface area contributed by atoms with Crippen LogP contribution in [-0.2, 0) is 0 Å². The molecule has 134 valence electrons. The van der Waals surface area contributed by atoms with Gasteiger partial charge in [0, 0.05) is 38.4 Å². The zero-order valence-electron chi connectivity index (χ0n) is 14.8. The number of H-pyrrole nitrogens is 1. The van der Waals surface area contributed by atoms with Crippen molar-refractivity contribution in [2.24, 2.45) is 0 Å². The monoisotopic (exact) mass is 343 g/mol. The average molecular weight is 343 g/mol. The van der Waals surface area contributed by atoms with Crippen molar-refractivity contribution >= 4 is 11.6 Å². The maximum atomic E-state index is 12.3. The van der Waals surface area contributed by atoms with E-state index < -0.39 is 0 Å². The molecule has 0 unspecified atom stereocenters. The van der Waals surface area contributed by atoms with Crippen LogP contribution in [0.5, 0.6) is 5.75 Å². The number of aryl methyl sites for hydroxylation is 1. The van der Waals surface area contributed by atoms with Crippen molar-refractivity contribution in [2.45, 2.75) is 6.92 Å². The summed E-state index contributed by atoms with van der Waals surface area (Å²) in [5, 5.41) is 9.62. The lowest BCUT2D eigenvalue weighted by Crippen LogP contribution is -2.45. The molecular formula is C18H25N5O2. The van der Waals surface area contributed by atoms with Crippen molar-refractivity contribution in [3.63, 3.8) is 0 Å². The summed E-state index contributed by atoms with van der Waals surface area (Å²) in [5.41, 5.74) is 1.87. The third kappa shape index (κ3) is 4.80. The standard InChI is InChI=1S/C18H25N5O2/c1-14-13-16(21-20-14)18(24)19-15-5-3-4-6-17(15)25-12-11-23-9-7-22(2)8-10-23/h3-6,13H,7-12H2,1-2H3,(H,19,24)(H,20,21). The average Bonchev–Trinajstić information content (AvgIpc) is 3.05. The molecule has 7 heteroatoms. The van der Waals surface area contributed by atoms with Crippen LogP contribution in [0.15, 0.2) is 30.3 Å². The van der Waals surface area contributed by atoms with Crippen LogP contribution in [0.4, 0.5) is 5.69 Å². The van der Waals surface area contributed by atoms with Crippen LogP contribution in [0.3, 0.4) is 0 Å². The molecule has 1 aliphatic heterocycles. The van der Waals surface area contributed by atoms with E-state index in [-0.39, 0.29) is 5.91 Å². The Morgan fingerprint density at radius 2 is 2.04 bits per heavy atom. The minimum absolute atomic E-state index is 0.250. The maximum absolute atomic E-state index is 12.3. The Bertz CT molecular complexity index is 707. The van der Waals surface area contributed by atoms with Gasteiger partial charge >= 0.3 is 0 Å². The van der Waals surface area contributed by atoms with E-state index in [0.717, 1.165) is 38.4 Å². The first-order chi connectivity index (χ1) is 12.1. The van der Waals surface area contributed by atoms with Gasteiger partial charge in [-0.2, -0.15) is 5.10 Å². The molecule has 1 saturated heterocycles. The number of anilines is 1. The van der Waals surface area contributed by atoms with Gasteiger partial charge in [0.2, 0.25) is 0 Å². The number of nitrogens with one attached hydrogen (secondary N) is 2. The lowest BCUT2D eigenvalue weighted by molar-refractivity contribution is 0.102. The Balaban J connectivity index is 1.54. The first-order valence-corrected chi connectivity index (χ1v) is 8.58. The first-order valence-electron chi connectivity index (χ1n) is 8.58. The van der Waals surface area contributed by atoms with Crippen molar-refractivity contribution in [1.82, 2.24) is 20.0 Å². The van der Waals surface area contributed by atoms with Crippen LogP contribution in [-0.4, -0.2) is 72.3 Å². The Hall–Kier alpha value is -2.38. The molecule has 0 atom stereocenters. The Kier molecular flexibility index (Phi) is 5.67. The minimum atomic E-state index is -0.250. The second-order valence-electron chi connectivity index (χ2n) is 6.38. The van der Waals surface area contributed by atoms with E-state index in [1.807, 2.05) is 31.2 Å². The molecule has 1 aliphatic rings. The predicted octanol–water partition coefficient (Wildman–Crippen LogP) is 1.60. The van der Waals surface area contributed by atoms with Crippen molar-refractivity contribution in [3.05, 3.63) is 41.7 Å². The van der Waals surface area contributed by atoms with E-state index in [2.05, 4.69) is 32.4 Å². The zero-order chi connectivity index (χ0) is 17.6. The summed E-state index contributed by atoms with van der Waals surface area (Å²) in [6.45, 7) is 7.66. The molecule has 25 heavy (non-hydrogen) atoms. The summed E-state index contributed by atoms with van der Waals surface area (Å²) in [4.78, 5) is 17.0. The summed E-state index contributed by atoms with van der Waals surface area (Å²) >= 11 is 0. The van der Waals surface area contributed by atoms with Crippen LogP contribution < -0.4 is 10.1 Å². The highest BCUT2D eigenvalue weighted by molar-refractivity contribution is 6.03. The van der Waals surface area contributed by atoms with E-state index in [9.17, 15) is 4.79 Å². The van der Waals surface area contributed by atoms with Crippen molar-refractivity contribution in [1.29, 1.82) is 0 Å². The number of hydrogen-bond acceptors (Lipinski definition) is 5. The van der Waals surface area contributed by atoms with Crippen LogP contribution in [0.25, 0.3) is 0 Å². The van der Waals surface area contributed by atoms with Gasteiger partial charge in [0.15, 0.2) is 5.69 Å². The smallest absolute Gasteiger partial charge is 0.276 e. The fraction of sp³-hybridized carbons (Fsp3) is 0.444. The number of aromatic nitrogens is 2. The number of likely N-dealkylation sites (N-methyl/N-ethyl adjacent to an activating group) is 1. The van der Waals surface area contributed by atoms with Crippen molar-refractivity contribution in [2.75, 3.05) is 51.7 Å². The first kappa shape index (κ1) is 17.4. The maximum Gasteiger partial charge on any atom is 0.276 e. The lowest BCUT2D eigenvalue weighted by atomic mass is 10.2. The summed E-state index contributed by atoms with van der Waals surface area (Å²) in [5.74, 6) is 0.428. The fourth-order valence-corrected chi connectivity index (χ4v) is 2.77. The molecule has 1 amide bonds. The summed E-state index contributed by atoms with van der Waals surface area (Å²) in [6.07, 6.45) is 0. The SMILES string of the molecule is Cc1cc(C(=O)Nc2ccccc2OCCN2CCN(C)CC2)n[nH]1. The number of hydrogen-bond donors (Lipinski definition) is 2. The highest BCUT2D eigenvalue weighted by Gasteiger charge is 2.15. The summed E-state index contributed by atoms with van der Waals surface area (Å²) in [7, 11) is 2.15. The second kappa shape index (κ2) is 8.13. The molecule has 7 nitrogen and oxygen atoms in total. The van der Waals surface area contributed by atoms with Gasteiger partial charge in [0.1, 0.15) is 12.4 Å². The quantitative estimate of drug-likeness (QED) is 0.833. The predicted molar refractivity (Wildman–Crippen MR) is 97.2 cm³/mol. The highest BCUT2D eigenvalue weighted by atomic mass is 16.5. The largest absolute Gasteiger partial charge is 0.490 e. The molecule has 1 aromatic heterocycles. The van der Waals surface area contributed by atoms with E-state index in [4.69, 9.17) is 4.74 Å². The van der Waals surface area contributed by atoms with Gasteiger partial charge in [-0.3, -0.25) is 14.8 Å². The molecule has 0 aliphatic carbocycles. The van der Waals surface area contributed by atoms with Crippen LogP contribution in [0, 0.1) is 6.92 Å². The van der Waals surface area contributed by atoms with Gasteiger partial charge in [0.05, 0.1) is 5.69 Å². The number of benzene rings is 1. The number of para-hydroxylation sites is 2. The van der Waals surface area contributed by atoms with E-state index in [1.54, 1.807) is 6.07 Å². The number of carbonyl (C=O) groups excluding carboxylic acids is 1. The molecule has 0 spiro atoms. The number of rotatable bonds is 6. The van der Waals surface area contributed by atoms with Gasteiger partial charge < -0.3 is 15.0 Å². The van der Waals surface area contributed by atoms with Gasteiger partial charge in [-0.05, 0) is 32.2 Å². The number of amides is 1. The van der Waals surface area contributed by atoms with Gasteiger partial charge in [-0.15, -0.1) is 0 Å². The number of piperazine rings is 1. The Morgan fingerprint density at radius 3 is 2.76 bits per heavy atom. The molecule has 2 heterocycles. The molecule has 2 aromatic rings. The Labute approximate surface area is 148 Å². The normalized spacial score (nSPS) is 15.9. The molecule has 1 aromatic carbocycles. The second-order valence-corrected chi connectivity index (χ2v) is 6.38. The summed E-state index contributed by atoms with van der Waals surface area (Å²) in [6, 6.07) is 9.20. The zero-order valence-corrected chi connectivity index (χ0v) is 14.8. The fourth-order valence-electron chi connectivity index (χ4n) is 2.77. The number of nitrogens with zero attached hydrogens (tertiary/aromatic N) is 3. The molecular weight excluding hydrogens is 318 g/mol. The lowest BCUT2D eigenvalue weighted by Gasteiger charge is -2.32. The van der Waals surface area contributed by atoms with Gasteiger partial charge in [0.25, 0.3) is 5.91 Å². The summed E-state index contributed by atoms with van der Waals surface area (Å²) < 4.78 is 5.91. The van der Waals surface area contributed by atoms with E-state index >= 15 is 0 Å². The van der Waals surface area contributed by atoms with Crippen molar-refractivity contribution < 1.29 is 9.53 Å². The molecule has 2 N–H and O–H groups in total. The topological polar surface area (TPSA) is 73.5 Å².